The molecule has 1 N–H and O–H groups in total. The number of aromatic nitrogens is 5. The normalized spacial score (nSPS) is 11.8. The summed E-state index contributed by atoms with van der Waals surface area (Å²) >= 11 is 3.44. The van der Waals surface area contributed by atoms with E-state index < -0.39 is 5.63 Å². The number of H-pyrrole nitrogens is 1. The molecule has 9 heteroatoms. The molecule has 6 aromatic rings. The molecular weight excluding hydrogens is 450 g/mol. The Kier molecular flexibility index (Phi) is 3.45. The van der Waals surface area contributed by atoms with Crippen LogP contribution in [0, 0.1) is 0 Å². The lowest BCUT2D eigenvalue weighted by molar-refractivity contribution is 0.104. The van der Waals surface area contributed by atoms with Crippen LogP contribution in [0.15, 0.2) is 68.4 Å². The SMILES string of the molecule is O=C(c1c[nH]c2ccc(Br)cc12)c1cc2c(=O)oc3ccccc3c2n2nnnc12. The topological polar surface area (TPSA) is 106 Å². The number of ketones is 1. The fraction of sp³-hybridized carbons (Fsp3) is 0. The van der Waals surface area contributed by atoms with E-state index in [1.54, 1.807) is 18.3 Å². The highest BCUT2D eigenvalue weighted by Crippen LogP contribution is 2.29. The first-order valence-corrected chi connectivity index (χ1v) is 9.79. The van der Waals surface area contributed by atoms with Gasteiger partial charge in [0.15, 0.2) is 11.4 Å². The van der Waals surface area contributed by atoms with Crippen LogP contribution in [0.5, 0.6) is 0 Å². The van der Waals surface area contributed by atoms with Gasteiger partial charge >= 0.3 is 5.63 Å². The molecule has 0 aliphatic rings. The average Bonchev–Trinajstić information content (AvgIpc) is 3.39. The zero-order chi connectivity index (χ0) is 20.4. The van der Waals surface area contributed by atoms with Gasteiger partial charge in [-0.25, -0.2) is 4.79 Å². The van der Waals surface area contributed by atoms with Crippen molar-refractivity contribution in [2.24, 2.45) is 0 Å². The van der Waals surface area contributed by atoms with E-state index in [0.717, 1.165) is 15.4 Å². The van der Waals surface area contributed by atoms with Gasteiger partial charge in [0.25, 0.3) is 0 Å². The number of carbonyl (C=O) groups is 1. The number of hydrogen-bond donors (Lipinski definition) is 1. The Morgan fingerprint density at radius 2 is 1.90 bits per heavy atom. The van der Waals surface area contributed by atoms with Crippen LogP contribution in [0.4, 0.5) is 0 Å². The molecule has 30 heavy (non-hydrogen) atoms. The Bertz CT molecular complexity index is 1710. The van der Waals surface area contributed by atoms with Crippen LogP contribution in [0.25, 0.3) is 38.4 Å². The summed E-state index contributed by atoms with van der Waals surface area (Å²) in [6, 6.07) is 14.3. The van der Waals surface area contributed by atoms with E-state index in [4.69, 9.17) is 4.42 Å². The maximum Gasteiger partial charge on any atom is 0.345 e. The Morgan fingerprint density at radius 1 is 1.03 bits per heavy atom. The molecule has 0 saturated heterocycles. The highest BCUT2D eigenvalue weighted by Gasteiger charge is 2.23. The molecule has 0 aliphatic carbocycles. The van der Waals surface area contributed by atoms with Gasteiger partial charge in [0, 0.05) is 32.5 Å². The third kappa shape index (κ3) is 2.29. The number of fused-ring (bicyclic) bond motifs is 6. The Labute approximate surface area is 175 Å². The third-order valence-corrected chi connectivity index (χ3v) is 5.66. The van der Waals surface area contributed by atoms with Crippen molar-refractivity contribution in [2.45, 2.75) is 0 Å². The highest BCUT2D eigenvalue weighted by molar-refractivity contribution is 9.10. The summed E-state index contributed by atoms with van der Waals surface area (Å²) in [6.07, 6.45) is 1.65. The first kappa shape index (κ1) is 17.0. The van der Waals surface area contributed by atoms with Crippen molar-refractivity contribution in [3.8, 4) is 0 Å². The van der Waals surface area contributed by atoms with Gasteiger partial charge in [0.1, 0.15) is 5.58 Å². The second-order valence-corrected chi connectivity index (χ2v) is 7.76. The smallest absolute Gasteiger partial charge is 0.345 e. The van der Waals surface area contributed by atoms with Crippen molar-refractivity contribution in [2.75, 3.05) is 0 Å². The van der Waals surface area contributed by atoms with Crippen LogP contribution < -0.4 is 5.63 Å². The first-order chi connectivity index (χ1) is 14.6. The number of aromatic amines is 1. The zero-order valence-electron chi connectivity index (χ0n) is 15.1. The molecule has 144 valence electrons. The molecule has 0 spiro atoms. The molecule has 8 nitrogen and oxygen atoms in total. The summed E-state index contributed by atoms with van der Waals surface area (Å²) in [5, 5.41) is 13.5. The molecule has 0 bridgehead atoms. The Hall–Kier alpha value is -3.85. The minimum atomic E-state index is -0.558. The molecule has 6 rings (SSSR count). The quantitative estimate of drug-likeness (QED) is 0.239. The molecule has 4 heterocycles. The van der Waals surface area contributed by atoms with Gasteiger partial charge in [-0.2, -0.15) is 4.52 Å². The molecule has 0 fully saturated rings. The van der Waals surface area contributed by atoms with Crippen molar-refractivity contribution in [1.29, 1.82) is 0 Å². The summed E-state index contributed by atoms with van der Waals surface area (Å²) in [5.41, 5.74) is 2.14. The summed E-state index contributed by atoms with van der Waals surface area (Å²) in [6.45, 7) is 0. The molecular formula is C21H10BrN5O3. The number of pyridine rings is 1. The van der Waals surface area contributed by atoms with Crippen LogP contribution >= 0.6 is 15.9 Å². The monoisotopic (exact) mass is 459 g/mol. The number of tetrazole rings is 1. The number of rotatable bonds is 2. The lowest BCUT2D eigenvalue weighted by Gasteiger charge is -2.07. The maximum atomic E-state index is 13.5. The van der Waals surface area contributed by atoms with Crippen molar-refractivity contribution < 1.29 is 9.21 Å². The summed E-state index contributed by atoms with van der Waals surface area (Å²) in [4.78, 5) is 29.3. The standard InChI is InChI=1S/C21H10BrN5O3/c22-10-5-6-16-12(7-10)15(9-23-16)19(28)14-8-13-18(27-20(14)24-25-26-27)11-3-1-2-4-17(11)30-21(13)29/h1-9,23H. The van der Waals surface area contributed by atoms with Crippen LogP contribution in [-0.4, -0.2) is 30.8 Å². The van der Waals surface area contributed by atoms with Crippen LogP contribution in [0.3, 0.4) is 0 Å². The number of nitrogens with one attached hydrogen (secondary N) is 1. The van der Waals surface area contributed by atoms with Crippen molar-refractivity contribution >= 4 is 60.1 Å². The van der Waals surface area contributed by atoms with Gasteiger partial charge in [-0.15, -0.1) is 5.10 Å². The highest BCUT2D eigenvalue weighted by atomic mass is 79.9. The van der Waals surface area contributed by atoms with Gasteiger partial charge in [0.05, 0.1) is 16.5 Å². The third-order valence-electron chi connectivity index (χ3n) is 5.16. The number of benzene rings is 2. The number of nitrogens with zero attached hydrogens (tertiary/aromatic N) is 4. The maximum absolute atomic E-state index is 13.5. The van der Waals surface area contributed by atoms with Gasteiger partial charge in [-0.1, -0.05) is 28.1 Å². The number of halogens is 1. The molecule has 0 aliphatic heterocycles. The van der Waals surface area contributed by atoms with Crippen LogP contribution in [-0.2, 0) is 0 Å². The number of para-hydroxylation sites is 1. The van der Waals surface area contributed by atoms with E-state index in [1.165, 1.54) is 10.6 Å². The molecule has 2 aromatic carbocycles. The van der Waals surface area contributed by atoms with Gasteiger partial charge < -0.3 is 9.40 Å². The summed E-state index contributed by atoms with van der Waals surface area (Å²) in [7, 11) is 0. The van der Waals surface area contributed by atoms with Crippen molar-refractivity contribution in [3.63, 3.8) is 0 Å². The lowest BCUT2D eigenvalue weighted by Crippen LogP contribution is -2.10. The van der Waals surface area contributed by atoms with E-state index in [0.29, 0.717) is 22.0 Å². The predicted molar refractivity (Wildman–Crippen MR) is 114 cm³/mol. The van der Waals surface area contributed by atoms with E-state index in [9.17, 15) is 9.59 Å². The molecule has 0 amide bonds. The van der Waals surface area contributed by atoms with E-state index >= 15 is 0 Å². The summed E-state index contributed by atoms with van der Waals surface area (Å²) in [5.74, 6) is -0.298. The Morgan fingerprint density at radius 3 is 2.80 bits per heavy atom. The molecule has 0 unspecified atom stereocenters. The van der Waals surface area contributed by atoms with Crippen molar-refractivity contribution in [3.05, 3.63) is 80.7 Å². The van der Waals surface area contributed by atoms with Crippen LogP contribution in [0.2, 0.25) is 0 Å². The predicted octanol–water partition coefficient (Wildman–Crippen LogP) is 3.86. The lowest BCUT2D eigenvalue weighted by atomic mass is 10.0. The van der Waals surface area contributed by atoms with E-state index in [1.807, 2.05) is 30.3 Å². The molecule has 4 aromatic heterocycles. The molecule has 0 saturated carbocycles. The largest absolute Gasteiger partial charge is 0.422 e. The molecule has 0 atom stereocenters. The average molecular weight is 460 g/mol. The second-order valence-electron chi connectivity index (χ2n) is 6.84. The van der Waals surface area contributed by atoms with Gasteiger partial charge in [-0.3, -0.25) is 4.79 Å². The van der Waals surface area contributed by atoms with Crippen molar-refractivity contribution in [1.82, 2.24) is 25.0 Å². The first-order valence-electron chi connectivity index (χ1n) is 9.00. The minimum Gasteiger partial charge on any atom is -0.422 e. The van der Waals surface area contributed by atoms with E-state index in [-0.39, 0.29) is 22.4 Å². The number of hydrogen-bond acceptors (Lipinski definition) is 6. The minimum absolute atomic E-state index is 0.218. The zero-order valence-corrected chi connectivity index (χ0v) is 16.7. The number of carbonyl (C=O) groups excluding carboxylic acids is 1. The Balaban J connectivity index is 1.71. The fourth-order valence-corrected chi connectivity index (χ4v) is 4.17. The fourth-order valence-electron chi connectivity index (χ4n) is 3.81. The van der Waals surface area contributed by atoms with Gasteiger partial charge in [0.2, 0.25) is 0 Å². The summed E-state index contributed by atoms with van der Waals surface area (Å²) < 4.78 is 7.72. The van der Waals surface area contributed by atoms with Crippen LogP contribution in [0.1, 0.15) is 15.9 Å². The molecule has 0 radical (unpaired) electrons. The second kappa shape index (κ2) is 6.07. The van der Waals surface area contributed by atoms with Gasteiger partial charge in [-0.05, 0) is 46.8 Å². The van der Waals surface area contributed by atoms with E-state index in [2.05, 4.69) is 36.4 Å².